The largest absolute Gasteiger partial charge is 0.385 e. The lowest BCUT2D eigenvalue weighted by atomic mass is 10.1. The van der Waals surface area contributed by atoms with Gasteiger partial charge >= 0.3 is 0 Å². The molecular formula is C23H26N2O3. The van der Waals surface area contributed by atoms with Crippen molar-refractivity contribution < 1.29 is 14.3 Å². The van der Waals surface area contributed by atoms with Crippen molar-refractivity contribution in [1.29, 1.82) is 0 Å². The van der Waals surface area contributed by atoms with Gasteiger partial charge < -0.3 is 15.4 Å². The molecule has 0 aliphatic heterocycles. The second-order valence-electron chi connectivity index (χ2n) is 6.27. The highest BCUT2D eigenvalue weighted by molar-refractivity contribution is 6.03. The molecule has 0 radical (unpaired) electrons. The van der Waals surface area contributed by atoms with Gasteiger partial charge in [0, 0.05) is 25.8 Å². The molecule has 5 heteroatoms. The number of allylic oxidation sites excluding steroid dienone is 2. The normalized spacial score (nSPS) is 11.4. The monoisotopic (exact) mass is 378 g/mol. The number of hydrogen-bond acceptors (Lipinski definition) is 3. The summed E-state index contributed by atoms with van der Waals surface area (Å²) in [7, 11) is 1.61. The molecule has 0 atom stereocenters. The van der Waals surface area contributed by atoms with Crippen LogP contribution >= 0.6 is 0 Å². The molecule has 2 N–H and O–H groups in total. The quantitative estimate of drug-likeness (QED) is 0.399. The van der Waals surface area contributed by atoms with Crippen LogP contribution in [0.1, 0.15) is 27.9 Å². The van der Waals surface area contributed by atoms with Gasteiger partial charge in [0.25, 0.3) is 11.8 Å². The Kier molecular flexibility index (Phi) is 8.69. The van der Waals surface area contributed by atoms with Crippen LogP contribution in [-0.4, -0.2) is 32.1 Å². The fourth-order valence-corrected chi connectivity index (χ4v) is 2.41. The number of methoxy groups -OCH3 is 1. The van der Waals surface area contributed by atoms with Gasteiger partial charge in [0.1, 0.15) is 5.70 Å². The molecule has 0 spiro atoms. The zero-order chi connectivity index (χ0) is 20.2. The molecule has 0 heterocycles. The molecule has 5 nitrogen and oxygen atoms in total. The molecule has 2 amide bonds. The van der Waals surface area contributed by atoms with Crippen LogP contribution < -0.4 is 10.6 Å². The Morgan fingerprint density at radius 1 is 1.04 bits per heavy atom. The number of amides is 2. The molecule has 0 saturated carbocycles. The van der Waals surface area contributed by atoms with Crippen molar-refractivity contribution in [2.75, 3.05) is 20.3 Å². The van der Waals surface area contributed by atoms with E-state index in [-0.39, 0.29) is 17.5 Å². The molecule has 2 rings (SSSR count). The highest BCUT2D eigenvalue weighted by Crippen LogP contribution is 2.06. The molecule has 0 saturated heterocycles. The fourth-order valence-electron chi connectivity index (χ4n) is 2.41. The van der Waals surface area contributed by atoms with Crippen molar-refractivity contribution in [3.63, 3.8) is 0 Å². The van der Waals surface area contributed by atoms with Gasteiger partial charge in [-0.15, -0.1) is 0 Å². The molecule has 0 unspecified atom stereocenters. The third kappa shape index (κ3) is 7.21. The highest BCUT2D eigenvalue weighted by Gasteiger charge is 2.13. The number of nitrogens with one attached hydrogen (secondary N) is 2. The molecule has 146 valence electrons. The first-order chi connectivity index (χ1) is 13.6. The van der Waals surface area contributed by atoms with Gasteiger partial charge in [0.2, 0.25) is 0 Å². The van der Waals surface area contributed by atoms with Crippen molar-refractivity contribution in [3.8, 4) is 0 Å². The lowest BCUT2D eigenvalue weighted by molar-refractivity contribution is -0.117. The minimum Gasteiger partial charge on any atom is -0.385 e. The number of aryl methyl sites for hydroxylation is 1. The van der Waals surface area contributed by atoms with Gasteiger partial charge in [-0.2, -0.15) is 0 Å². The average molecular weight is 378 g/mol. The Bertz CT molecular complexity index is 825. The van der Waals surface area contributed by atoms with Crippen LogP contribution in [0.25, 0.3) is 6.08 Å². The summed E-state index contributed by atoms with van der Waals surface area (Å²) in [4.78, 5) is 25.0. The van der Waals surface area contributed by atoms with Crippen LogP contribution in [-0.2, 0) is 9.53 Å². The third-order valence-corrected chi connectivity index (χ3v) is 3.97. The van der Waals surface area contributed by atoms with Crippen molar-refractivity contribution in [1.82, 2.24) is 10.6 Å². The number of carbonyl (C=O) groups is 2. The Morgan fingerprint density at radius 2 is 1.75 bits per heavy atom. The van der Waals surface area contributed by atoms with Crippen molar-refractivity contribution in [2.45, 2.75) is 13.3 Å². The summed E-state index contributed by atoms with van der Waals surface area (Å²) in [6.07, 6.45) is 5.91. The van der Waals surface area contributed by atoms with E-state index >= 15 is 0 Å². The molecule has 0 bridgehead atoms. The van der Waals surface area contributed by atoms with E-state index in [9.17, 15) is 9.59 Å². The minimum atomic E-state index is -0.339. The van der Waals surface area contributed by atoms with Gasteiger partial charge in [0.05, 0.1) is 0 Å². The lowest BCUT2D eigenvalue weighted by Crippen LogP contribution is -2.35. The second kappa shape index (κ2) is 11.5. The molecule has 0 aliphatic carbocycles. The average Bonchev–Trinajstić information content (AvgIpc) is 2.71. The molecule has 0 aliphatic rings. The van der Waals surface area contributed by atoms with Crippen LogP contribution in [0, 0.1) is 6.92 Å². The molecule has 28 heavy (non-hydrogen) atoms. The number of hydrogen-bond donors (Lipinski definition) is 2. The van der Waals surface area contributed by atoms with Crippen molar-refractivity contribution in [3.05, 3.63) is 89.1 Å². The molecule has 2 aromatic rings. The number of benzene rings is 2. The topological polar surface area (TPSA) is 67.4 Å². The number of rotatable bonds is 9. The van der Waals surface area contributed by atoms with E-state index in [1.54, 1.807) is 31.4 Å². The Labute approximate surface area is 166 Å². The zero-order valence-corrected chi connectivity index (χ0v) is 16.3. The first-order valence-electron chi connectivity index (χ1n) is 9.18. The maximum atomic E-state index is 12.5. The van der Waals surface area contributed by atoms with Gasteiger partial charge in [-0.1, -0.05) is 60.2 Å². The summed E-state index contributed by atoms with van der Waals surface area (Å²) in [6, 6.07) is 16.9. The smallest absolute Gasteiger partial charge is 0.267 e. The number of ether oxygens (including phenoxy) is 1. The molecule has 0 aromatic heterocycles. The molecule has 0 fully saturated rings. The fraction of sp³-hybridized carbons (Fsp3) is 0.217. The summed E-state index contributed by atoms with van der Waals surface area (Å²) in [5, 5.41) is 5.50. The van der Waals surface area contributed by atoms with E-state index in [0.717, 1.165) is 11.1 Å². The predicted molar refractivity (Wildman–Crippen MR) is 112 cm³/mol. The summed E-state index contributed by atoms with van der Waals surface area (Å²) in [5.74, 6) is -0.666. The van der Waals surface area contributed by atoms with E-state index in [1.165, 1.54) is 0 Å². The van der Waals surface area contributed by atoms with E-state index in [2.05, 4.69) is 10.6 Å². The van der Waals surface area contributed by atoms with E-state index in [4.69, 9.17) is 4.74 Å². The molecule has 2 aromatic carbocycles. The van der Waals surface area contributed by atoms with Gasteiger partial charge in [0.15, 0.2) is 0 Å². The van der Waals surface area contributed by atoms with Crippen molar-refractivity contribution >= 4 is 17.9 Å². The van der Waals surface area contributed by atoms with Crippen LogP contribution in [0.2, 0.25) is 0 Å². The maximum absolute atomic E-state index is 12.5. The third-order valence-electron chi connectivity index (χ3n) is 3.97. The van der Waals surface area contributed by atoms with E-state index in [0.29, 0.717) is 25.1 Å². The minimum absolute atomic E-state index is 0.190. The van der Waals surface area contributed by atoms with Crippen molar-refractivity contribution in [2.24, 2.45) is 0 Å². The Balaban J connectivity index is 2.11. The second-order valence-corrected chi connectivity index (χ2v) is 6.27. The maximum Gasteiger partial charge on any atom is 0.267 e. The number of carbonyl (C=O) groups excluding carboxylic acids is 2. The standard InChI is InChI=1S/C23H26N2O3/c1-18-12-14-20(15-13-18)22(26)25-21(23(27)24-16-7-17-28-2)11-6-10-19-8-4-3-5-9-19/h3-6,8-15H,7,16-17H2,1-2H3,(H,24,27)(H,25,26)/b10-6-,21-11-. The summed E-state index contributed by atoms with van der Waals surface area (Å²) in [5.41, 5.74) is 2.75. The summed E-state index contributed by atoms with van der Waals surface area (Å²) < 4.78 is 4.98. The van der Waals surface area contributed by atoms with Gasteiger partial charge in [-0.25, -0.2) is 0 Å². The van der Waals surface area contributed by atoms with Gasteiger partial charge in [-0.05, 0) is 37.1 Å². The van der Waals surface area contributed by atoms with E-state index in [1.807, 2.05) is 55.5 Å². The highest BCUT2D eigenvalue weighted by atomic mass is 16.5. The Morgan fingerprint density at radius 3 is 2.43 bits per heavy atom. The zero-order valence-electron chi connectivity index (χ0n) is 16.3. The Hall–Kier alpha value is -3.18. The first-order valence-corrected chi connectivity index (χ1v) is 9.18. The van der Waals surface area contributed by atoms with Crippen LogP contribution in [0.4, 0.5) is 0 Å². The SMILES string of the molecule is COCCCNC(=O)/C(=C/C=C\c1ccccc1)NC(=O)c1ccc(C)cc1. The van der Waals surface area contributed by atoms with Crippen LogP contribution in [0.3, 0.4) is 0 Å². The van der Waals surface area contributed by atoms with E-state index < -0.39 is 0 Å². The predicted octanol–water partition coefficient (Wildman–Crippen LogP) is 3.47. The molecular weight excluding hydrogens is 352 g/mol. The van der Waals surface area contributed by atoms with Gasteiger partial charge in [-0.3, -0.25) is 9.59 Å². The van der Waals surface area contributed by atoms with Crippen LogP contribution in [0.15, 0.2) is 72.4 Å². The summed E-state index contributed by atoms with van der Waals surface area (Å²) >= 11 is 0. The first kappa shape index (κ1) is 21.1. The lowest BCUT2D eigenvalue weighted by Gasteiger charge is -2.10. The van der Waals surface area contributed by atoms with Crippen LogP contribution in [0.5, 0.6) is 0 Å². The summed E-state index contributed by atoms with van der Waals surface area (Å²) in [6.45, 7) is 2.98.